The van der Waals surface area contributed by atoms with Gasteiger partial charge in [-0.05, 0) is 15.9 Å². The maximum atomic E-state index is 12.1. The Balaban J connectivity index is 2.12. The fourth-order valence-electron chi connectivity index (χ4n) is 1.97. The van der Waals surface area contributed by atoms with Gasteiger partial charge in [0, 0.05) is 19.3 Å². The molecular formula is C11H11BrN4O2. The predicted molar refractivity (Wildman–Crippen MR) is 70.9 cm³/mol. The molecule has 0 aliphatic carbocycles. The van der Waals surface area contributed by atoms with Gasteiger partial charge in [-0.1, -0.05) is 0 Å². The van der Waals surface area contributed by atoms with E-state index in [1.165, 1.54) is 0 Å². The molecule has 94 valence electrons. The zero-order valence-corrected chi connectivity index (χ0v) is 11.1. The molecule has 6 nitrogen and oxygen atoms in total. The van der Waals surface area contributed by atoms with Crippen LogP contribution in [0.1, 0.15) is 0 Å². The largest absolute Gasteiger partial charge is 0.378 e. The lowest BCUT2D eigenvalue weighted by Crippen LogP contribution is -2.38. The zero-order chi connectivity index (χ0) is 12.5. The third kappa shape index (κ3) is 1.99. The van der Waals surface area contributed by atoms with Crippen LogP contribution in [-0.4, -0.2) is 41.3 Å². The molecule has 0 bridgehead atoms. The summed E-state index contributed by atoms with van der Waals surface area (Å²) in [7, 11) is 0. The molecule has 2 aromatic rings. The van der Waals surface area contributed by atoms with E-state index in [0.717, 1.165) is 13.1 Å². The summed E-state index contributed by atoms with van der Waals surface area (Å²) in [5, 5.41) is 0.530. The average Bonchev–Trinajstić information content (AvgIpc) is 2.39. The van der Waals surface area contributed by atoms with E-state index in [4.69, 9.17) is 4.74 Å². The summed E-state index contributed by atoms with van der Waals surface area (Å²) in [6, 6.07) is 0. The molecule has 3 heterocycles. The Morgan fingerprint density at radius 3 is 2.89 bits per heavy atom. The molecule has 0 unspecified atom stereocenters. The van der Waals surface area contributed by atoms with Crippen molar-refractivity contribution in [1.82, 2.24) is 15.0 Å². The standard InChI is InChI=1S/C11H11BrN4O2/c12-7-5-13-6-8-9(7)10(17)15-11(14-8)16-1-3-18-4-2-16/h5-6H,1-4H2,(H,14,15,17). The van der Waals surface area contributed by atoms with Crippen molar-refractivity contribution in [3.8, 4) is 0 Å². The van der Waals surface area contributed by atoms with Gasteiger partial charge >= 0.3 is 0 Å². The van der Waals surface area contributed by atoms with Gasteiger partial charge in [-0.15, -0.1) is 0 Å². The summed E-state index contributed by atoms with van der Waals surface area (Å²) in [4.78, 5) is 25.3. The molecule has 1 N–H and O–H groups in total. The second-order valence-electron chi connectivity index (χ2n) is 4.00. The summed E-state index contributed by atoms with van der Waals surface area (Å²) in [6.45, 7) is 2.77. The van der Waals surface area contributed by atoms with Gasteiger partial charge in [0.15, 0.2) is 0 Å². The van der Waals surface area contributed by atoms with Crippen molar-refractivity contribution in [2.45, 2.75) is 0 Å². The van der Waals surface area contributed by atoms with Crippen LogP contribution in [-0.2, 0) is 4.74 Å². The Morgan fingerprint density at radius 2 is 2.11 bits per heavy atom. The first kappa shape index (κ1) is 11.6. The number of rotatable bonds is 1. The maximum Gasteiger partial charge on any atom is 0.261 e. The summed E-state index contributed by atoms with van der Waals surface area (Å²) in [5.74, 6) is 0.579. The molecule has 1 aliphatic heterocycles. The summed E-state index contributed by atoms with van der Waals surface area (Å²) >= 11 is 3.31. The summed E-state index contributed by atoms with van der Waals surface area (Å²) < 4.78 is 5.93. The highest BCUT2D eigenvalue weighted by Gasteiger charge is 2.15. The molecule has 18 heavy (non-hydrogen) atoms. The van der Waals surface area contributed by atoms with Gasteiger partial charge < -0.3 is 9.64 Å². The third-order valence-electron chi connectivity index (χ3n) is 2.87. The Hall–Kier alpha value is -1.47. The van der Waals surface area contributed by atoms with E-state index in [1.54, 1.807) is 12.4 Å². The molecule has 1 aliphatic rings. The topological polar surface area (TPSA) is 71.1 Å². The van der Waals surface area contributed by atoms with Crippen molar-refractivity contribution >= 4 is 32.8 Å². The molecule has 0 aromatic carbocycles. The molecule has 0 radical (unpaired) electrons. The maximum absolute atomic E-state index is 12.1. The van der Waals surface area contributed by atoms with E-state index >= 15 is 0 Å². The average molecular weight is 311 g/mol. The highest BCUT2D eigenvalue weighted by molar-refractivity contribution is 9.10. The van der Waals surface area contributed by atoms with Crippen LogP contribution in [0.5, 0.6) is 0 Å². The van der Waals surface area contributed by atoms with Gasteiger partial charge in [-0.3, -0.25) is 14.8 Å². The van der Waals surface area contributed by atoms with E-state index < -0.39 is 0 Å². The number of anilines is 1. The van der Waals surface area contributed by atoms with Gasteiger partial charge in [-0.25, -0.2) is 4.98 Å². The SMILES string of the molecule is O=c1[nH]c(N2CCOCC2)nc2cncc(Br)c12. The van der Waals surface area contributed by atoms with Crippen molar-refractivity contribution in [3.63, 3.8) is 0 Å². The van der Waals surface area contributed by atoms with Crippen molar-refractivity contribution in [1.29, 1.82) is 0 Å². The van der Waals surface area contributed by atoms with Crippen LogP contribution in [0, 0.1) is 0 Å². The van der Waals surface area contributed by atoms with Crippen LogP contribution in [0.3, 0.4) is 0 Å². The number of aromatic amines is 1. The van der Waals surface area contributed by atoms with Crippen molar-refractivity contribution in [2.75, 3.05) is 31.2 Å². The number of hydrogen-bond acceptors (Lipinski definition) is 5. The van der Waals surface area contributed by atoms with Crippen LogP contribution >= 0.6 is 15.9 Å². The molecule has 0 spiro atoms. The van der Waals surface area contributed by atoms with Gasteiger partial charge in [0.05, 0.1) is 34.8 Å². The molecule has 0 atom stereocenters. The van der Waals surface area contributed by atoms with Crippen LogP contribution < -0.4 is 10.5 Å². The number of nitrogens with one attached hydrogen (secondary N) is 1. The zero-order valence-electron chi connectivity index (χ0n) is 9.52. The summed E-state index contributed by atoms with van der Waals surface area (Å²) in [6.07, 6.45) is 3.19. The normalized spacial score (nSPS) is 16.2. The molecule has 1 saturated heterocycles. The minimum absolute atomic E-state index is 0.157. The van der Waals surface area contributed by atoms with Crippen LogP contribution in [0.4, 0.5) is 5.95 Å². The van der Waals surface area contributed by atoms with Crippen molar-refractivity contribution in [3.05, 3.63) is 27.2 Å². The minimum Gasteiger partial charge on any atom is -0.378 e. The number of halogens is 1. The van der Waals surface area contributed by atoms with Crippen LogP contribution in [0.2, 0.25) is 0 Å². The fourth-order valence-corrected chi connectivity index (χ4v) is 2.47. The first-order valence-electron chi connectivity index (χ1n) is 5.62. The molecule has 1 fully saturated rings. The van der Waals surface area contributed by atoms with Crippen LogP contribution in [0.15, 0.2) is 21.7 Å². The smallest absolute Gasteiger partial charge is 0.261 e. The lowest BCUT2D eigenvalue weighted by Gasteiger charge is -2.27. The predicted octanol–water partition coefficient (Wildman–Crippen LogP) is 0.917. The Kier molecular flexibility index (Phi) is 3.00. The molecule has 3 rings (SSSR count). The number of pyridine rings is 1. The first-order valence-corrected chi connectivity index (χ1v) is 6.41. The van der Waals surface area contributed by atoms with E-state index in [-0.39, 0.29) is 5.56 Å². The monoisotopic (exact) mass is 310 g/mol. The number of fused-ring (bicyclic) bond motifs is 1. The number of H-pyrrole nitrogens is 1. The highest BCUT2D eigenvalue weighted by Crippen LogP contribution is 2.19. The van der Waals surface area contributed by atoms with E-state index in [9.17, 15) is 4.79 Å². The number of morpholine rings is 1. The molecule has 0 amide bonds. The first-order chi connectivity index (χ1) is 8.75. The second kappa shape index (κ2) is 4.66. The fraction of sp³-hybridized carbons (Fsp3) is 0.364. The van der Waals surface area contributed by atoms with E-state index in [1.807, 2.05) is 4.90 Å². The molecule has 7 heteroatoms. The number of aromatic nitrogens is 3. The summed E-state index contributed by atoms with van der Waals surface area (Å²) in [5.41, 5.74) is 0.436. The van der Waals surface area contributed by atoms with Crippen LogP contribution in [0.25, 0.3) is 10.9 Å². The quantitative estimate of drug-likeness (QED) is 0.848. The molecule has 0 saturated carbocycles. The number of ether oxygens (including phenoxy) is 1. The number of hydrogen-bond donors (Lipinski definition) is 1. The third-order valence-corrected chi connectivity index (χ3v) is 3.47. The second-order valence-corrected chi connectivity index (χ2v) is 4.86. The van der Waals surface area contributed by atoms with Gasteiger partial charge in [0.1, 0.15) is 0 Å². The molecule has 2 aromatic heterocycles. The lowest BCUT2D eigenvalue weighted by molar-refractivity contribution is 0.122. The Labute approximate surface area is 111 Å². The lowest BCUT2D eigenvalue weighted by atomic mass is 10.3. The Morgan fingerprint density at radius 1 is 1.33 bits per heavy atom. The van der Waals surface area contributed by atoms with Gasteiger partial charge in [0.25, 0.3) is 5.56 Å². The van der Waals surface area contributed by atoms with Gasteiger partial charge in [-0.2, -0.15) is 0 Å². The van der Waals surface area contributed by atoms with E-state index in [2.05, 4.69) is 30.9 Å². The molecular weight excluding hydrogens is 300 g/mol. The number of nitrogens with zero attached hydrogens (tertiary/aromatic N) is 3. The minimum atomic E-state index is -0.157. The Bertz CT molecular complexity index is 636. The van der Waals surface area contributed by atoms with E-state index in [0.29, 0.717) is 34.5 Å². The highest BCUT2D eigenvalue weighted by atomic mass is 79.9. The van der Waals surface area contributed by atoms with Crippen molar-refractivity contribution < 1.29 is 4.74 Å². The van der Waals surface area contributed by atoms with Gasteiger partial charge in [0.2, 0.25) is 5.95 Å². The van der Waals surface area contributed by atoms with Crippen molar-refractivity contribution in [2.24, 2.45) is 0 Å².